The fourth-order valence-corrected chi connectivity index (χ4v) is 2.99. The van der Waals surface area contributed by atoms with E-state index in [9.17, 15) is 13.2 Å². The minimum atomic E-state index is -4.11. The summed E-state index contributed by atoms with van der Waals surface area (Å²) in [6, 6.07) is -0.0225. The van der Waals surface area contributed by atoms with Crippen LogP contribution in [0.15, 0.2) is 0 Å². The number of rotatable bonds is 6. The van der Waals surface area contributed by atoms with E-state index in [1.54, 1.807) is 0 Å². The number of piperidine rings is 1. The Labute approximate surface area is 114 Å². The fourth-order valence-electron chi connectivity index (χ4n) is 2.99. The third kappa shape index (κ3) is 7.16. The van der Waals surface area contributed by atoms with E-state index in [0.29, 0.717) is 11.8 Å². The Morgan fingerprint density at radius 3 is 2.47 bits per heavy atom. The summed E-state index contributed by atoms with van der Waals surface area (Å²) in [6.07, 6.45) is -1.02. The lowest BCUT2D eigenvalue weighted by Crippen LogP contribution is -2.51. The zero-order valence-corrected chi connectivity index (χ0v) is 12.3. The second-order valence-electron chi connectivity index (χ2n) is 6.20. The monoisotopic (exact) mass is 280 g/mol. The SMILES string of the molecule is CCCC1CC(NCC(F)(F)F)CN(CC(C)C)C1. The van der Waals surface area contributed by atoms with Gasteiger partial charge in [0.25, 0.3) is 0 Å². The van der Waals surface area contributed by atoms with Crippen LogP contribution in [-0.4, -0.2) is 43.3 Å². The number of nitrogens with zero attached hydrogens (tertiary/aromatic N) is 1. The summed E-state index contributed by atoms with van der Waals surface area (Å²) in [5, 5.41) is 2.69. The maximum atomic E-state index is 12.3. The minimum Gasteiger partial charge on any atom is -0.305 e. The highest BCUT2D eigenvalue weighted by molar-refractivity contribution is 4.84. The lowest BCUT2D eigenvalue weighted by atomic mass is 9.90. The van der Waals surface area contributed by atoms with E-state index in [4.69, 9.17) is 0 Å². The van der Waals surface area contributed by atoms with Crippen molar-refractivity contribution in [1.82, 2.24) is 10.2 Å². The zero-order chi connectivity index (χ0) is 14.5. The summed E-state index contributed by atoms with van der Waals surface area (Å²) < 4.78 is 36.9. The van der Waals surface area contributed by atoms with Crippen molar-refractivity contribution in [2.24, 2.45) is 11.8 Å². The summed E-state index contributed by atoms with van der Waals surface area (Å²) in [5.41, 5.74) is 0. The molecule has 1 rings (SSSR count). The molecular weight excluding hydrogens is 253 g/mol. The molecule has 19 heavy (non-hydrogen) atoms. The first kappa shape index (κ1) is 16.8. The van der Waals surface area contributed by atoms with Crippen molar-refractivity contribution < 1.29 is 13.2 Å². The number of halogens is 3. The normalized spacial score (nSPS) is 26.1. The van der Waals surface area contributed by atoms with Crippen LogP contribution in [0.3, 0.4) is 0 Å². The molecule has 114 valence electrons. The van der Waals surface area contributed by atoms with Crippen LogP contribution in [0.5, 0.6) is 0 Å². The van der Waals surface area contributed by atoms with E-state index in [0.717, 1.165) is 38.9 Å². The van der Waals surface area contributed by atoms with Gasteiger partial charge in [0, 0.05) is 25.7 Å². The molecule has 0 amide bonds. The Kier molecular flexibility index (Phi) is 6.60. The third-order valence-electron chi connectivity index (χ3n) is 3.52. The standard InChI is InChI=1S/C14H27F3N2/c1-4-5-12-6-13(18-10-14(15,16)17)9-19(8-12)7-11(2)3/h11-13,18H,4-10H2,1-3H3. The molecule has 0 saturated carbocycles. The van der Waals surface area contributed by atoms with E-state index in [-0.39, 0.29) is 6.04 Å². The molecule has 1 aliphatic rings. The smallest absolute Gasteiger partial charge is 0.305 e. The summed E-state index contributed by atoms with van der Waals surface area (Å²) in [7, 11) is 0. The Bertz CT molecular complexity index is 254. The highest BCUT2D eigenvalue weighted by Crippen LogP contribution is 2.23. The van der Waals surface area contributed by atoms with Crippen LogP contribution in [0.2, 0.25) is 0 Å². The fraction of sp³-hybridized carbons (Fsp3) is 1.00. The van der Waals surface area contributed by atoms with Crippen LogP contribution in [-0.2, 0) is 0 Å². The molecule has 0 aromatic heterocycles. The maximum Gasteiger partial charge on any atom is 0.401 e. The van der Waals surface area contributed by atoms with E-state index in [1.165, 1.54) is 0 Å². The van der Waals surface area contributed by atoms with Gasteiger partial charge in [-0.1, -0.05) is 27.2 Å². The summed E-state index contributed by atoms with van der Waals surface area (Å²) in [4.78, 5) is 2.32. The van der Waals surface area contributed by atoms with Crippen molar-refractivity contribution in [2.75, 3.05) is 26.2 Å². The van der Waals surface area contributed by atoms with Gasteiger partial charge in [0.2, 0.25) is 0 Å². The number of alkyl halides is 3. The Morgan fingerprint density at radius 2 is 1.95 bits per heavy atom. The molecule has 2 atom stereocenters. The molecule has 0 aromatic rings. The lowest BCUT2D eigenvalue weighted by Gasteiger charge is -2.39. The van der Waals surface area contributed by atoms with Gasteiger partial charge in [-0.15, -0.1) is 0 Å². The first-order valence-corrected chi connectivity index (χ1v) is 7.32. The van der Waals surface area contributed by atoms with Gasteiger partial charge in [0.15, 0.2) is 0 Å². The van der Waals surface area contributed by atoms with Crippen LogP contribution in [0.1, 0.15) is 40.0 Å². The van der Waals surface area contributed by atoms with E-state index in [1.807, 2.05) is 0 Å². The highest BCUT2D eigenvalue weighted by Gasteiger charge is 2.31. The van der Waals surface area contributed by atoms with Crippen molar-refractivity contribution in [3.8, 4) is 0 Å². The van der Waals surface area contributed by atoms with Crippen molar-refractivity contribution >= 4 is 0 Å². The molecule has 1 heterocycles. The van der Waals surface area contributed by atoms with Crippen molar-refractivity contribution in [3.63, 3.8) is 0 Å². The molecule has 0 aromatic carbocycles. The maximum absolute atomic E-state index is 12.3. The molecule has 0 bridgehead atoms. The Balaban J connectivity index is 2.49. The van der Waals surface area contributed by atoms with Gasteiger partial charge in [-0.3, -0.25) is 0 Å². The predicted octanol–water partition coefficient (Wildman–Crippen LogP) is 3.28. The van der Waals surface area contributed by atoms with Gasteiger partial charge in [0.1, 0.15) is 0 Å². The van der Waals surface area contributed by atoms with Crippen molar-refractivity contribution in [2.45, 2.75) is 52.3 Å². The summed E-state index contributed by atoms with van der Waals surface area (Å²) >= 11 is 0. The van der Waals surface area contributed by atoms with Crippen LogP contribution < -0.4 is 5.32 Å². The minimum absolute atomic E-state index is 0.0225. The Hall–Kier alpha value is -0.290. The first-order chi connectivity index (χ1) is 8.80. The Morgan fingerprint density at radius 1 is 1.26 bits per heavy atom. The predicted molar refractivity (Wildman–Crippen MR) is 72.1 cm³/mol. The van der Waals surface area contributed by atoms with Crippen molar-refractivity contribution in [1.29, 1.82) is 0 Å². The molecule has 2 unspecified atom stereocenters. The van der Waals surface area contributed by atoms with Gasteiger partial charge in [0.05, 0.1) is 6.54 Å². The molecule has 0 spiro atoms. The van der Waals surface area contributed by atoms with Crippen LogP contribution in [0.25, 0.3) is 0 Å². The summed E-state index contributed by atoms with van der Waals surface area (Å²) in [6.45, 7) is 8.34. The van der Waals surface area contributed by atoms with Gasteiger partial charge in [-0.05, 0) is 24.7 Å². The van der Waals surface area contributed by atoms with Crippen LogP contribution in [0.4, 0.5) is 13.2 Å². The topological polar surface area (TPSA) is 15.3 Å². The summed E-state index contributed by atoms with van der Waals surface area (Å²) in [5.74, 6) is 1.09. The molecule has 1 N–H and O–H groups in total. The lowest BCUT2D eigenvalue weighted by molar-refractivity contribution is -0.127. The molecule has 2 nitrogen and oxygen atoms in total. The first-order valence-electron chi connectivity index (χ1n) is 7.32. The second-order valence-corrected chi connectivity index (χ2v) is 6.20. The van der Waals surface area contributed by atoms with Crippen LogP contribution >= 0.6 is 0 Å². The molecule has 0 aliphatic carbocycles. The molecular formula is C14H27F3N2. The molecule has 1 saturated heterocycles. The average molecular weight is 280 g/mol. The number of hydrogen-bond acceptors (Lipinski definition) is 2. The van der Waals surface area contributed by atoms with E-state index in [2.05, 4.69) is 31.0 Å². The third-order valence-corrected chi connectivity index (χ3v) is 3.52. The molecule has 0 radical (unpaired) electrons. The quantitative estimate of drug-likeness (QED) is 0.803. The number of hydrogen-bond donors (Lipinski definition) is 1. The van der Waals surface area contributed by atoms with Crippen LogP contribution in [0, 0.1) is 11.8 Å². The molecule has 1 aliphatic heterocycles. The average Bonchev–Trinajstić information content (AvgIpc) is 2.24. The zero-order valence-electron chi connectivity index (χ0n) is 12.3. The van der Waals surface area contributed by atoms with Gasteiger partial charge in [-0.25, -0.2) is 0 Å². The molecule has 5 heteroatoms. The number of nitrogens with one attached hydrogen (secondary N) is 1. The van der Waals surface area contributed by atoms with Gasteiger partial charge in [-0.2, -0.15) is 13.2 Å². The largest absolute Gasteiger partial charge is 0.401 e. The van der Waals surface area contributed by atoms with Gasteiger partial charge >= 0.3 is 6.18 Å². The van der Waals surface area contributed by atoms with E-state index < -0.39 is 12.7 Å². The van der Waals surface area contributed by atoms with Crippen molar-refractivity contribution in [3.05, 3.63) is 0 Å². The number of likely N-dealkylation sites (tertiary alicyclic amines) is 1. The highest BCUT2D eigenvalue weighted by atomic mass is 19.4. The van der Waals surface area contributed by atoms with Gasteiger partial charge < -0.3 is 10.2 Å². The van der Waals surface area contributed by atoms with E-state index >= 15 is 0 Å². The second kappa shape index (κ2) is 7.48. The molecule has 1 fully saturated rings.